The van der Waals surface area contributed by atoms with E-state index < -0.39 is 17.8 Å². The van der Waals surface area contributed by atoms with Gasteiger partial charge in [-0.25, -0.2) is 24.9 Å². The smallest absolute Gasteiger partial charge is 0.550 e. The molecule has 4 aromatic heterocycles. The number of hydrogen-bond donors (Lipinski definition) is 1. The number of piperazine rings is 1. The zero-order valence-corrected chi connectivity index (χ0v) is 31.5. The van der Waals surface area contributed by atoms with Crippen LogP contribution in [-0.4, -0.2) is 100 Å². The Morgan fingerprint density at radius 3 is 2.41 bits per heavy atom. The molecule has 1 aliphatic heterocycles. The number of H-pyrrole nitrogens is 1. The number of ether oxygens (including phenoxy) is 1. The summed E-state index contributed by atoms with van der Waals surface area (Å²) < 4.78 is 47.5. The van der Waals surface area contributed by atoms with Gasteiger partial charge in [-0.3, -0.25) is 4.90 Å². The van der Waals surface area contributed by atoms with Gasteiger partial charge in [0.25, 0.3) is 0 Å². The Bertz CT molecular complexity index is 1860. The van der Waals surface area contributed by atoms with E-state index in [0.717, 1.165) is 43.9 Å². The average molecular weight is 716 g/mol. The maximum Gasteiger partial charge on any atom is 1.00 e. The fraction of sp³-hybridized carbons (Fsp3) is 0.543. The largest absolute Gasteiger partial charge is 1.00 e. The van der Waals surface area contributed by atoms with Crippen LogP contribution in [0.4, 0.5) is 24.7 Å². The Balaban J connectivity index is 0.00000448. The van der Waals surface area contributed by atoms with Crippen molar-refractivity contribution >= 4 is 28.6 Å². The van der Waals surface area contributed by atoms with E-state index in [2.05, 4.69) is 34.6 Å². The quantitative estimate of drug-likeness (QED) is 0.212. The number of fused-ring (bicyclic) bond motifs is 1. The Kier molecular flexibility index (Phi) is 10.9. The second-order valence-corrected chi connectivity index (χ2v) is 14.1. The van der Waals surface area contributed by atoms with Gasteiger partial charge in [0.15, 0.2) is 11.5 Å². The number of methoxy groups -OCH3 is 1. The Hall–Kier alpha value is -3.37. The number of nitrogens with one attached hydrogen (secondary N) is 1. The molecule has 1 N–H and O–H groups in total. The molecule has 12 nitrogen and oxygen atoms in total. The first kappa shape index (κ1) is 37.4. The van der Waals surface area contributed by atoms with Gasteiger partial charge in [-0.05, 0) is 50.8 Å². The summed E-state index contributed by atoms with van der Waals surface area (Å²) in [5.41, 5.74) is 2.51. The molecule has 0 radical (unpaired) electrons. The summed E-state index contributed by atoms with van der Waals surface area (Å²) in [5.74, 6) is 0.112. The molecule has 7 rings (SSSR count). The molecule has 1 unspecified atom stereocenters. The molecular weight excluding hydrogens is 674 g/mol. The molecule has 51 heavy (non-hydrogen) atoms. The van der Waals surface area contributed by atoms with Crippen molar-refractivity contribution in [3.05, 3.63) is 42.0 Å². The Morgan fingerprint density at radius 2 is 1.82 bits per heavy atom. The number of nitrogens with zero attached hydrogens (tertiary/aromatic N) is 8. The average Bonchev–Trinajstić information content (AvgIpc) is 3.84. The number of anilines is 2. The van der Waals surface area contributed by atoms with Crippen LogP contribution in [0.1, 0.15) is 62.8 Å². The van der Waals surface area contributed by atoms with Gasteiger partial charge in [0, 0.05) is 87.9 Å². The van der Waals surface area contributed by atoms with E-state index >= 15 is 0 Å². The molecule has 2 saturated carbocycles. The van der Waals surface area contributed by atoms with Gasteiger partial charge in [0.2, 0.25) is 0 Å². The van der Waals surface area contributed by atoms with Crippen LogP contribution in [0.25, 0.3) is 33.9 Å². The topological polar surface area (TPSA) is 139 Å². The van der Waals surface area contributed by atoms with Crippen molar-refractivity contribution in [2.75, 3.05) is 63.3 Å². The number of carboxylic acids is 1. The number of aromatic nitrogens is 6. The fourth-order valence-electron chi connectivity index (χ4n) is 7.26. The maximum atomic E-state index is 14.0. The fourth-order valence-corrected chi connectivity index (χ4v) is 7.26. The van der Waals surface area contributed by atoms with Gasteiger partial charge in [-0.15, -0.1) is 0 Å². The number of imidazole rings is 1. The third kappa shape index (κ3) is 8.17. The number of halogens is 3. The summed E-state index contributed by atoms with van der Waals surface area (Å²) >= 11 is 0. The molecule has 0 amide bonds. The molecule has 1 saturated heterocycles. The normalized spacial score (nSPS) is 18.3. The first-order valence-electron chi connectivity index (χ1n) is 17.1. The second-order valence-electron chi connectivity index (χ2n) is 14.1. The molecule has 4 aromatic rings. The Morgan fingerprint density at radius 1 is 1.08 bits per heavy atom. The third-order valence-electron chi connectivity index (χ3n) is 10.3. The van der Waals surface area contributed by atoms with E-state index in [9.17, 15) is 23.1 Å². The van der Waals surface area contributed by atoms with E-state index in [1.54, 1.807) is 25.6 Å². The number of aliphatic carboxylic acids is 1. The maximum absolute atomic E-state index is 14.0. The van der Waals surface area contributed by atoms with Gasteiger partial charge < -0.3 is 29.4 Å². The number of carboxylic acid groups (broad SMARTS) is 1. The molecule has 3 fully saturated rings. The van der Waals surface area contributed by atoms with Crippen molar-refractivity contribution < 1.29 is 57.4 Å². The molecule has 3 aliphatic rings. The molecule has 0 aromatic carbocycles. The van der Waals surface area contributed by atoms with Gasteiger partial charge >= 0.3 is 35.7 Å². The van der Waals surface area contributed by atoms with Gasteiger partial charge in [0.1, 0.15) is 22.7 Å². The molecule has 266 valence electrons. The number of pyridine rings is 2. The number of carbonyl (C=O) groups is 1. The van der Waals surface area contributed by atoms with Crippen LogP contribution in [0.15, 0.2) is 30.6 Å². The van der Waals surface area contributed by atoms with E-state index in [1.807, 2.05) is 20.0 Å². The van der Waals surface area contributed by atoms with E-state index in [0.29, 0.717) is 84.8 Å². The summed E-state index contributed by atoms with van der Waals surface area (Å²) in [4.78, 5) is 43.6. The van der Waals surface area contributed by atoms with Crippen molar-refractivity contribution in [1.29, 1.82) is 0 Å². The minimum absolute atomic E-state index is 0. The van der Waals surface area contributed by atoms with Gasteiger partial charge in [0.05, 0.1) is 30.4 Å². The summed E-state index contributed by atoms with van der Waals surface area (Å²) in [6.45, 7) is 5.95. The Labute approximate surface area is 316 Å². The van der Waals surface area contributed by atoms with E-state index in [1.165, 1.54) is 0 Å². The van der Waals surface area contributed by atoms with Gasteiger partial charge in [-0.1, -0.05) is 6.42 Å². The minimum Gasteiger partial charge on any atom is -0.550 e. The first-order valence-corrected chi connectivity index (χ1v) is 17.1. The number of alkyl halides is 3. The van der Waals surface area contributed by atoms with Crippen molar-refractivity contribution in [3.8, 4) is 22.8 Å². The van der Waals surface area contributed by atoms with Crippen LogP contribution >= 0.6 is 0 Å². The molecule has 0 spiro atoms. The van der Waals surface area contributed by atoms with E-state index in [-0.39, 0.29) is 53.4 Å². The number of carbonyl (C=O) groups excluding carboxylic acids is 1. The standard InChI is InChI=1S/C35H42F3N9O3.Na/c1-21(13-30(48)49)46-9-11-47(12-10-46)29-18-39-26(17-40-29)32-43-31-27(45(2)19-34(20-50-3)7-4-8-34)16-25(42-33(31)44-32)23-14-24(22-5-6-22)41-28(15-23)35(36,37)38;/h14-18,21-22H,4-13,19-20H2,1-3H3,(H,48,49)(H,42,43,44);/q;+1/p-1. The van der Waals surface area contributed by atoms with E-state index in [4.69, 9.17) is 14.7 Å². The first-order chi connectivity index (χ1) is 23.9. The van der Waals surface area contributed by atoms with Crippen molar-refractivity contribution in [1.82, 2.24) is 34.8 Å². The van der Waals surface area contributed by atoms with Crippen LogP contribution in [0.5, 0.6) is 0 Å². The minimum atomic E-state index is -4.59. The summed E-state index contributed by atoms with van der Waals surface area (Å²) in [6.07, 6.45) is 3.55. The number of hydrogen-bond acceptors (Lipinski definition) is 11. The summed E-state index contributed by atoms with van der Waals surface area (Å²) in [5, 5.41) is 11.0. The van der Waals surface area contributed by atoms with Gasteiger partial charge in [-0.2, -0.15) is 13.2 Å². The molecule has 2 aliphatic carbocycles. The zero-order chi connectivity index (χ0) is 35.2. The van der Waals surface area contributed by atoms with Crippen molar-refractivity contribution in [3.63, 3.8) is 0 Å². The van der Waals surface area contributed by atoms with Crippen LogP contribution in [0.3, 0.4) is 0 Å². The third-order valence-corrected chi connectivity index (χ3v) is 10.3. The molecule has 0 bridgehead atoms. The predicted octanol–water partition coefficient (Wildman–Crippen LogP) is 1.28. The summed E-state index contributed by atoms with van der Waals surface area (Å²) in [6, 6.07) is 4.53. The predicted molar refractivity (Wildman–Crippen MR) is 179 cm³/mol. The van der Waals surface area contributed by atoms with Crippen LogP contribution in [-0.2, 0) is 15.7 Å². The second kappa shape index (κ2) is 14.9. The molecule has 16 heteroatoms. The summed E-state index contributed by atoms with van der Waals surface area (Å²) in [7, 11) is 3.68. The van der Waals surface area contributed by atoms with Crippen LogP contribution < -0.4 is 44.5 Å². The number of rotatable bonds is 12. The molecule has 1 atom stereocenters. The molecular formula is C35H41F3N9NaO3. The zero-order valence-electron chi connectivity index (χ0n) is 29.5. The van der Waals surface area contributed by atoms with Crippen LogP contribution in [0.2, 0.25) is 0 Å². The molecule has 5 heterocycles. The van der Waals surface area contributed by atoms with Crippen molar-refractivity contribution in [2.24, 2.45) is 5.41 Å². The van der Waals surface area contributed by atoms with Crippen molar-refractivity contribution in [2.45, 2.75) is 63.6 Å². The van der Waals surface area contributed by atoms with Crippen LogP contribution in [0, 0.1) is 5.41 Å². The monoisotopic (exact) mass is 715 g/mol. The number of aromatic amines is 1. The SMILES string of the molecule is COCC1(CN(C)c2cc(-c3cc(C4CC4)nc(C(F)(F)F)c3)nc3nc(-c4cnc(N5CCN(C(C)CC(=O)[O-])CC5)cn4)[nH]c23)CCC1.[Na+].